The summed E-state index contributed by atoms with van der Waals surface area (Å²) in [4.78, 5) is 2.44. The van der Waals surface area contributed by atoms with Gasteiger partial charge in [-0.05, 0) is 37.3 Å². The second-order valence-corrected chi connectivity index (χ2v) is 6.16. The minimum Gasteiger partial charge on any atom is -0.464 e. The number of aliphatic hydroxyl groups is 1. The van der Waals surface area contributed by atoms with E-state index in [-0.39, 0.29) is 6.61 Å². The van der Waals surface area contributed by atoms with Crippen LogP contribution in [0.3, 0.4) is 0 Å². The Balaban J connectivity index is 1.49. The van der Waals surface area contributed by atoms with Gasteiger partial charge in [-0.25, -0.2) is 0 Å². The summed E-state index contributed by atoms with van der Waals surface area (Å²) in [6.07, 6.45) is 3.84. The van der Waals surface area contributed by atoms with Gasteiger partial charge in [-0.3, -0.25) is 4.90 Å². The van der Waals surface area contributed by atoms with Crippen LogP contribution in [0.15, 0.2) is 16.5 Å². The van der Waals surface area contributed by atoms with Crippen molar-refractivity contribution in [1.29, 1.82) is 0 Å². The van der Waals surface area contributed by atoms with E-state index in [9.17, 15) is 0 Å². The normalized spacial score (nSPS) is 25.4. The van der Waals surface area contributed by atoms with E-state index in [0.29, 0.717) is 25.2 Å². The molecule has 1 heterocycles. The van der Waals surface area contributed by atoms with E-state index in [4.69, 9.17) is 14.3 Å². The number of rotatable bonds is 9. The molecule has 0 aromatic carbocycles. The third kappa shape index (κ3) is 3.62. The van der Waals surface area contributed by atoms with Crippen molar-refractivity contribution < 1.29 is 14.3 Å². The average molecular weight is 279 g/mol. The first-order valence-corrected chi connectivity index (χ1v) is 7.79. The molecule has 4 nitrogen and oxygen atoms in total. The molecule has 4 heteroatoms. The Bertz CT molecular complexity index is 427. The van der Waals surface area contributed by atoms with Crippen molar-refractivity contribution in [3.05, 3.63) is 23.7 Å². The highest BCUT2D eigenvalue weighted by atomic mass is 16.5. The molecule has 0 bridgehead atoms. The van der Waals surface area contributed by atoms with Gasteiger partial charge in [0.1, 0.15) is 11.5 Å². The van der Waals surface area contributed by atoms with Gasteiger partial charge >= 0.3 is 0 Å². The Labute approximate surface area is 120 Å². The monoisotopic (exact) mass is 279 g/mol. The number of furan rings is 1. The number of hydrogen-bond acceptors (Lipinski definition) is 4. The standard InChI is InChI=1S/C16H25NO3/c1-12-10-15(12)16-5-4-14(20-16)11-17(13-2-3-13)6-8-19-9-7-18/h4-5,12-13,15,18H,2-3,6-11H2,1H3/t12-,15+/m0/s1. The van der Waals surface area contributed by atoms with Crippen LogP contribution in [0.25, 0.3) is 0 Å². The van der Waals surface area contributed by atoms with Gasteiger partial charge < -0.3 is 14.3 Å². The minimum atomic E-state index is 0.102. The SMILES string of the molecule is C[C@H]1C[C@H]1c1ccc(CN(CCOCCO)C2CC2)o1. The van der Waals surface area contributed by atoms with Crippen molar-refractivity contribution >= 4 is 0 Å². The summed E-state index contributed by atoms with van der Waals surface area (Å²) < 4.78 is 11.4. The second kappa shape index (κ2) is 6.29. The molecule has 20 heavy (non-hydrogen) atoms. The number of hydrogen-bond donors (Lipinski definition) is 1. The molecule has 0 aliphatic heterocycles. The molecule has 0 spiro atoms. The first-order valence-electron chi connectivity index (χ1n) is 7.79. The summed E-state index contributed by atoms with van der Waals surface area (Å²) >= 11 is 0. The molecule has 0 unspecified atom stereocenters. The Morgan fingerprint density at radius 3 is 2.80 bits per heavy atom. The van der Waals surface area contributed by atoms with E-state index in [0.717, 1.165) is 24.8 Å². The Morgan fingerprint density at radius 1 is 1.35 bits per heavy atom. The third-order valence-electron chi connectivity index (χ3n) is 4.34. The molecule has 112 valence electrons. The number of aliphatic hydroxyl groups excluding tert-OH is 1. The lowest BCUT2D eigenvalue weighted by atomic mass is 10.3. The molecule has 1 N–H and O–H groups in total. The van der Waals surface area contributed by atoms with Gasteiger partial charge in [-0.15, -0.1) is 0 Å². The molecule has 2 aliphatic carbocycles. The van der Waals surface area contributed by atoms with Crippen molar-refractivity contribution in [2.45, 2.75) is 44.7 Å². The highest BCUT2D eigenvalue weighted by molar-refractivity contribution is 5.17. The first-order chi connectivity index (χ1) is 9.78. The van der Waals surface area contributed by atoms with E-state index in [2.05, 4.69) is 24.0 Å². The summed E-state index contributed by atoms with van der Waals surface area (Å²) in [5.74, 6) is 3.69. The van der Waals surface area contributed by atoms with Crippen LogP contribution in [0.5, 0.6) is 0 Å². The van der Waals surface area contributed by atoms with Crippen LogP contribution in [0.2, 0.25) is 0 Å². The maximum atomic E-state index is 8.72. The molecule has 2 saturated carbocycles. The maximum Gasteiger partial charge on any atom is 0.118 e. The maximum absolute atomic E-state index is 8.72. The lowest BCUT2D eigenvalue weighted by Crippen LogP contribution is -2.29. The van der Waals surface area contributed by atoms with Gasteiger partial charge in [-0.2, -0.15) is 0 Å². The highest BCUT2D eigenvalue weighted by Gasteiger charge is 2.37. The molecule has 1 aromatic heterocycles. The lowest BCUT2D eigenvalue weighted by Gasteiger charge is -2.20. The fourth-order valence-corrected chi connectivity index (χ4v) is 2.78. The zero-order chi connectivity index (χ0) is 13.9. The van der Waals surface area contributed by atoms with Crippen LogP contribution in [0.1, 0.15) is 43.6 Å². The van der Waals surface area contributed by atoms with Crippen molar-refractivity contribution in [2.75, 3.05) is 26.4 Å². The van der Waals surface area contributed by atoms with E-state index in [1.165, 1.54) is 25.0 Å². The van der Waals surface area contributed by atoms with Crippen molar-refractivity contribution in [1.82, 2.24) is 4.90 Å². The molecule has 0 saturated heterocycles. The van der Waals surface area contributed by atoms with Crippen LogP contribution >= 0.6 is 0 Å². The topological polar surface area (TPSA) is 45.8 Å². The fraction of sp³-hybridized carbons (Fsp3) is 0.750. The Kier molecular flexibility index (Phi) is 4.44. The second-order valence-electron chi connectivity index (χ2n) is 6.16. The van der Waals surface area contributed by atoms with E-state index in [1.807, 2.05) is 0 Å². The van der Waals surface area contributed by atoms with Crippen LogP contribution in [-0.4, -0.2) is 42.4 Å². The predicted molar refractivity (Wildman–Crippen MR) is 76.6 cm³/mol. The zero-order valence-corrected chi connectivity index (χ0v) is 12.3. The van der Waals surface area contributed by atoms with E-state index < -0.39 is 0 Å². The van der Waals surface area contributed by atoms with Gasteiger partial charge in [0.15, 0.2) is 0 Å². The molecule has 1 aromatic rings. The van der Waals surface area contributed by atoms with Crippen LogP contribution in [0, 0.1) is 5.92 Å². The molecule has 2 aliphatic rings. The minimum absolute atomic E-state index is 0.102. The van der Waals surface area contributed by atoms with Gasteiger partial charge in [-0.1, -0.05) is 6.92 Å². The van der Waals surface area contributed by atoms with E-state index in [1.54, 1.807) is 0 Å². The average Bonchev–Trinajstić information content (AvgIpc) is 3.35. The van der Waals surface area contributed by atoms with Gasteiger partial charge in [0, 0.05) is 18.5 Å². The molecular weight excluding hydrogens is 254 g/mol. The molecule has 3 rings (SSSR count). The summed E-state index contributed by atoms with van der Waals surface area (Å²) in [6, 6.07) is 4.97. The lowest BCUT2D eigenvalue weighted by molar-refractivity contribution is 0.0685. The zero-order valence-electron chi connectivity index (χ0n) is 12.3. The largest absolute Gasteiger partial charge is 0.464 e. The molecule has 0 amide bonds. The molecule has 2 atom stereocenters. The smallest absolute Gasteiger partial charge is 0.118 e. The van der Waals surface area contributed by atoms with Crippen LogP contribution < -0.4 is 0 Å². The molecule has 0 radical (unpaired) electrons. The van der Waals surface area contributed by atoms with E-state index >= 15 is 0 Å². The van der Waals surface area contributed by atoms with Crippen molar-refractivity contribution in [3.63, 3.8) is 0 Å². The summed E-state index contributed by atoms with van der Waals surface area (Å²) in [5, 5.41) is 8.72. The quantitative estimate of drug-likeness (QED) is 0.705. The van der Waals surface area contributed by atoms with Crippen LogP contribution in [0.4, 0.5) is 0 Å². The summed E-state index contributed by atoms with van der Waals surface area (Å²) in [5.41, 5.74) is 0. The fourth-order valence-electron chi connectivity index (χ4n) is 2.78. The molecule has 2 fully saturated rings. The van der Waals surface area contributed by atoms with Crippen LogP contribution in [-0.2, 0) is 11.3 Å². The highest BCUT2D eigenvalue weighted by Crippen LogP contribution is 2.47. The van der Waals surface area contributed by atoms with Crippen molar-refractivity contribution in [2.24, 2.45) is 5.92 Å². The Hall–Kier alpha value is -0.840. The van der Waals surface area contributed by atoms with Crippen molar-refractivity contribution in [3.8, 4) is 0 Å². The van der Waals surface area contributed by atoms with Gasteiger partial charge in [0.05, 0.1) is 26.4 Å². The summed E-state index contributed by atoms with van der Waals surface area (Å²) in [7, 11) is 0. The number of ether oxygens (including phenoxy) is 1. The summed E-state index contributed by atoms with van der Waals surface area (Å²) in [6.45, 7) is 5.30. The third-order valence-corrected chi connectivity index (χ3v) is 4.34. The predicted octanol–water partition coefficient (Wildman–Crippen LogP) is 2.38. The van der Waals surface area contributed by atoms with Gasteiger partial charge in [0.2, 0.25) is 0 Å². The molecular formula is C16H25NO3. The Morgan fingerprint density at radius 2 is 2.15 bits per heavy atom. The van der Waals surface area contributed by atoms with Gasteiger partial charge in [0.25, 0.3) is 0 Å². The first kappa shape index (κ1) is 14.1. The number of nitrogens with zero attached hydrogens (tertiary/aromatic N) is 1.